The SMILES string of the molecule is CNC(=O)C[C@@H]1OC(C)(C)C[C@]12CCCN2C(=O)c1cc(C)[nH]c1C. The lowest BCUT2D eigenvalue weighted by molar-refractivity contribution is -0.126. The number of rotatable bonds is 3. The van der Waals surface area contributed by atoms with Crippen LogP contribution in [0.5, 0.6) is 0 Å². The highest BCUT2D eigenvalue weighted by Gasteiger charge is 2.58. The van der Waals surface area contributed by atoms with Crippen molar-refractivity contribution >= 4 is 11.8 Å². The molecule has 25 heavy (non-hydrogen) atoms. The molecule has 3 rings (SSSR count). The molecule has 0 radical (unpaired) electrons. The molecule has 1 aromatic heterocycles. The highest BCUT2D eigenvalue weighted by molar-refractivity contribution is 5.96. The van der Waals surface area contributed by atoms with Gasteiger partial charge in [0, 0.05) is 31.4 Å². The lowest BCUT2D eigenvalue weighted by Gasteiger charge is -2.38. The second-order valence-electron chi connectivity index (χ2n) is 8.08. The average molecular weight is 347 g/mol. The predicted octanol–water partition coefficient (Wildman–Crippen LogP) is 2.31. The maximum absolute atomic E-state index is 13.3. The molecule has 0 bridgehead atoms. The molecule has 138 valence electrons. The van der Waals surface area contributed by atoms with Gasteiger partial charge in [-0.1, -0.05) is 0 Å². The first-order chi connectivity index (χ1) is 11.7. The van der Waals surface area contributed by atoms with Crippen LogP contribution in [0.1, 0.15) is 61.3 Å². The van der Waals surface area contributed by atoms with Crippen LogP contribution in [0.3, 0.4) is 0 Å². The summed E-state index contributed by atoms with van der Waals surface area (Å²) in [6.07, 6.45) is 2.60. The molecular weight excluding hydrogens is 318 g/mol. The van der Waals surface area contributed by atoms with E-state index >= 15 is 0 Å². The number of nitrogens with one attached hydrogen (secondary N) is 2. The van der Waals surface area contributed by atoms with Crippen LogP contribution in [0.25, 0.3) is 0 Å². The van der Waals surface area contributed by atoms with Crippen LogP contribution in [0, 0.1) is 13.8 Å². The lowest BCUT2D eigenvalue weighted by Crippen LogP contribution is -2.53. The maximum atomic E-state index is 13.3. The number of H-pyrrole nitrogens is 1. The Labute approximate surface area is 149 Å². The second-order valence-corrected chi connectivity index (χ2v) is 8.08. The first-order valence-electron chi connectivity index (χ1n) is 9.05. The molecule has 1 aromatic rings. The summed E-state index contributed by atoms with van der Waals surface area (Å²) in [7, 11) is 1.64. The Morgan fingerprint density at radius 1 is 1.40 bits per heavy atom. The molecule has 2 aliphatic heterocycles. The van der Waals surface area contributed by atoms with E-state index in [0.717, 1.165) is 36.2 Å². The highest BCUT2D eigenvalue weighted by Crippen LogP contribution is 2.49. The summed E-state index contributed by atoms with van der Waals surface area (Å²) in [6.45, 7) is 8.70. The number of ether oxygens (including phenoxy) is 1. The summed E-state index contributed by atoms with van der Waals surface area (Å²) in [4.78, 5) is 30.5. The number of carbonyl (C=O) groups excluding carboxylic acids is 2. The van der Waals surface area contributed by atoms with Crippen LogP contribution >= 0.6 is 0 Å². The monoisotopic (exact) mass is 347 g/mol. The molecule has 6 heteroatoms. The molecule has 6 nitrogen and oxygen atoms in total. The smallest absolute Gasteiger partial charge is 0.256 e. The average Bonchev–Trinajstić information content (AvgIpc) is 3.15. The van der Waals surface area contributed by atoms with Gasteiger partial charge in [0.05, 0.1) is 29.2 Å². The van der Waals surface area contributed by atoms with E-state index < -0.39 is 5.54 Å². The van der Waals surface area contributed by atoms with Gasteiger partial charge in [-0.25, -0.2) is 0 Å². The van der Waals surface area contributed by atoms with E-state index in [0.29, 0.717) is 6.54 Å². The summed E-state index contributed by atoms with van der Waals surface area (Å²) in [5.74, 6) is -0.00222. The van der Waals surface area contributed by atoms with Gasteiger partial charge in [-0.05, 0) is 46.6 Å². The summed E-state index contributed by atoms with van der Waals surface area (Å²) >= 11 is 0. The molecule has 2 amide bonds. The van der Waals surface area contributed by atoms with Crippen LogP contribution < -0.4 is 5.32 Å². The van der Waals surface area contributed by atoms with Gasteiger partial charge in [0.1, 0.15) is 0 Å². The lowest BCUT2D eigenvalue weighted by atomic mass is 9.82. The number of hydrogen-bond donors (Lipinski definition) is 2. The maximum Gasteiger partial charge on any atom is 0.256 e. The van der Waals surface area contributed by atoms with Crippen molar-refractivity contribution in [1.82, 2.24) is 15.2 Å². The number of likely N-dealkylation sites (tertiary alicyclic amines) is 1. The molecule has 0 saturated carbocycles. The van der Waals surface area contributed by atoms with Crippen molar-refractivity contribution in [3.63, 3.8) is 0 Å². The molecular formula is C19H29N3O3. The predicted molar refractivity (Wildman–Crippen MR) is 95.5 cm³/mol. The van der Waals surface area contributed by atoms with E-state index in [4.69, 9.17) is 4.74 Å². The minimum Gasteiger partial charge on any atom is -0.369 e. The normalized spacial score (nSPS) is 27.9. The molecule has 2 saturated heterocycles. The third-order valence-corrected chi connectivity index (χ3v) is 5.60. The van der Waals surface area contributed by atoms with Gasteiger partial charge in [0.15, 0.2) is 0 Å². The van der Waals surface area contributed by atoms with Crippen LogP contribution in [0.4, 0.5) is 0 Å². The fraction of sp³-hybridized carbons (Fsp3) is 0.684. The van der Waals surface area contributed by atoms with E-state index in [-0.39, 0.29) is 29.9 Å². The van der Waals surface area contributed by atoms with Gasteiger partial charge >= 0.3 is 0 Å². The Morgan fingerprint density at radius 2 is 2.12 bits per heavy atom. The van der Waals surface area contributed by atoms with Crippen molar-refractivity contribution in [1.29, 1.82) is 0 Å². The van der Waals surface area contributed by atoms with Crippen molar-refractivity contribution in [2.45, 2.75) is 70.6 Å². The number of aromatic amines is 1. The molecule has 0 aliphatic carbocycles. The highest BCUT2D eigenvalue weighted by atomic mass is 16.5. The van der Waals surface area contributed by atoms with Gasteiger partial charge in [0.2, 0.25) is 5.91 Å². The van der Waals surface area contributed by atoms with Gasteiger partial charge in [-0.15, -0.1) is 0 Å². The number of hydrogen-bond acceptors (Lipinski definition) is 3. The van der Waals surface area contributed by atoms with Crippen LogP contribution in [-0.2, 0) is 9.53 Å². The van der Waals surface area contributed by atoms with Gasteiger partial charge < -0.3 is 19.9 Å². The van der Waals surface area contributed by atoms with Crippen LogP contribution in [0.15, 0.2) is 6.07 Å². The van der Waals surface area contributed by atoms with Crippen molar-refractivity contribution in [2.24, 2.45) is 0 Å². The molecule has 0 unspecified atom stereocenters. The van der Waals surface area contributed by atoms with Crippen LogP contribution in [0.2, 0.25) is 0 Å². The van der Waals surface area contributed by atoms with Crippen molar-refractivity contribution in [3.8, 4) is 0 Å². The Bertz CT molecular complexity index is 694. The van der Waals surface area contributed by atoms with Crippen molar-refractivity contribution in [3.05, 3.63) is 23.0 Å². The molecule has 2 fully saturated rings. The van der Waals surface area contributed by atoms with E-state index in [2.05, 4.69) is 10.3 Å². The minimum atomic E-state index is -0.398. The third-order valence-electron chi connectivity index (χ3n) is 5.60. The zero-order chi connectivity index (χ0) is 18.4. The largest absolute Gasteiger partial charge is 0.369 e. The molecule has 1 spiro atoms. The molecule has 2 atom stereocenters. The van der Waals surface area contributed by atoms with Crippen LogP contribution in [-0.4, -0.2) is 52.5 Å². The van der Waals surface area contributed by atoms with Gasteiger partial charge in [-0.2, -0.15) is 0 Å². The van der Waals surface area contributed by atoms with E-state index in [9.17, 15) is 9.59 Å². The van der Waals surface area contributed by atoms with Gasteiger partial charge in [-0.3, -0.25) is 9.59 Å². The zero-order valence-electron chi connectivity index (χ0n) is 15.9. The Hall–Kier alpha value is -1.82. The van der Waals surface area contributed by atoms with E-state index in [1.165, 1.54) is 0 Å². The molecule has 2 N–H and O–H groups in total. The van der Waals surface area contributed by atoms with E-state index in [1.54, 1.807) is 7.05 Å². The summed E-state index contributed by atoms with van der Waals surface area (Å²) in [5, 5.41) is 2.69. The first-order valence-corrected chi connectivity index (χ1v) is 9.05. The first kappa shape index (κ1) is 18.0. The fourth-order valence-corrected chi connectivity index (χ4v) is 4.70. The standard InChI is InChI=1S/C19H29N3O3/c1-12-9-14(13(2)21-12)17(24)22-8-6-7-19(22)11-18(3,4)25-15(19)10-16(23)20-5/h9,15,21H,6-8,10-11H2,1-5H3,(H,20,23)/t15-,19+/m0/s1. The fourth-order valence-electron chi connectivity index (χ4n) is 4.70. The summed E-state index contributed by atoms with van der Waals surface area (Å²) < 4.78 is 6.25. The van der Waals surface area contributed by atoms with Gasteiger partial charge in [0.25, 0.3) is 5.91 Å². The number of aromatic nitrogens is 1. The molecule has 0 aromatic carbocycles. The Morgan fingerprint density at radius 3 is 2.72 bits per heavy atom. The summed E-state index contributed by atoms with van der Waals surface area (Å²) in [5.41, 5.74) is 1.86. The zero-order valence-corrected chi connectivity index (χ0v) is 15.9. The number of nitrogens with zero attached hydrogens (tertiary/aromatic N) is 1. The van der Waals surface area contributed by atoms with Crippen molar-refractivity contribution in [2.75, 3.05) is 13.6 Å². The molecule has 3 heterocycles. The Balaban J connectivity index is 1.95. The Kier molecular flexibility index (Phi) is 4.43. The van der Waals surface area contributed by atoms with E-state index in [1.807, 2.05) is 38.7 Å². The topological polar surface area (TPSA) is 74.4 Å². The minimum absolute atomic E-state index is 0.0440. The second kappa shape index (κ2) is 6.16. The number of amides is 2. The summed E-state index contributed by atoms with van der Waals surface area (Å²) in [6, 6.07) is 1.92. The quantitative estimate of drug-likeness (QED) is 0.881. The molecule has 2 aliphatic rings. The number of aryl methyl sites for hydroxylation is 2. The van der Waals surface area contributed by atoms with Crippen molar-refractivity contribution < 1.29 is 14.3 Å². The third kappa shape index (κ3) is 3.08. The number of carbonyl (C=O) groups is 2.